The molecule has 1 saturated carbocycles. The van der Waals surface area contributed by atoms with Crippen molar-refractivity contribution in [2.45, 2.75) is 63.8 Å². The summed E-state index contributed by atoms with van der Waals surface area (Å²) >= 11 is 0. The number of hydrogen-bond donors (Lipinski definition) is 5. The number of hydrogen-bond acceptors (Lipinski definition) is 13. The summed E-state index contributed by atoms with van der Waals surface area (Å²) in [6.45, 7) is -1.33. The van der Waals surface area contributed by atoms with Crippen LogP contribution < -0.4 is 55.7 Å². The van der Waals surface area contributed by atoms with Crippen LogP contribution in [0.5, 0.6) is 23.0 Å². The molecule has 0 unspecified atom stereocenters. The summed E-state index contributed by atoms with van der Waals surface area (Å²) < 4.78 is 24.2. The zero-order chi connectivity index (χ0) is 53.0. The number of carbonyl (C=O) groups excluding carboxylic acids is 7. The van der Waals surface area contributed by atoms with E-state index in [9.17, 15) is 33.6 Å². The van der Waals surface area contributed by atoms with Gasteiger partial charge in [0, 0.05) is 66.3 Å². The fourth-order valence-electron chi connectivity index (χ4n) is 10.3. The molecule has 0 saturated heterocycles. The van der Waals surface area contributed by atoms with Gasteiger partial charge in [-0.05, 0) is 90.4 Å². The van der Waals surface area contributed by atoms with Crippen molar-refractivity contribution >= 4 is 82.2 Å². The first-order chi connectivity index (χ1) is 36.8. The molecule has 5 aromatic carbocycles. The number of anilines is 3. The highest BCUT2D eigenvalue weighted by Gasteiger charge is 2.38. The minimum atomic E-state index is -0.646. The smallest absolute Gasteiger partial charge is 0.261 e. The van der Waals surface area contributed by atoms with E-state index in [1.165, 1.54) is 14.2 Å². The lowest BCUT2D eigenvalue weighted by molar-refractivity contribution is -0.131. The average molecular weight is 1030 g/mol. The Balaban J connectivity index is 0.824. The highest BCUT2D eigenvalue weighted by Crippen LogP contribution is 2.43. The quantitative estimate of drug-likeness (QED) is 0.0827. The van der Waals surface area contributed by atoms with Gasteiger partial charge in [0.15, 0.2) is 23.0 Å². The number of amides is 7. The molecule has 4 aliphatic heterocycles. The summed E-state index contributed by atoms with van der Waals surface area (Å²) in [6.07, 6.45) is 6.80. The number of nitrogens with two attached hydrogens (primary N) is 1. The Labute approximate surface area is 437 Å². The van der Waals surface area contributed by atoms with E-state index in [0.29, 0.717) is 101 Å². The van der Waals surface area contributed by atoms with E-state index in [-0.39, 0.29) is 67.3 Å². The van der Waals surface area contributed by atoms with Gasteiger partial charge in [-0.1, -0.05) is 36.4 Å². The maximum absolute atomic E-state index is 14.1. The minimum Gasteiger partial charge on any atom is -0.493 e. The molecular formula is C56H55N9O11. The Bertz CT molecular complexity index is 3080. The van der Waals surface area contributed by atoms with Crippen LogP contribution in [0.4, 0.5) is 28.4 Å². The van der Waals surface area contributed by atoms with Gasteiger partial charge in [0.2, 0.25) is 29.5 Å². The zero-order valence-electron chi connectivity index (χ0n) is 41.8. The molecule has 2 atom stereocenters. The SMILES string of the molecule is COc1cc2c(cc1OCc1cc(COc3cc4c(cc3OC)C(=O)N3c5ccccc5C[C@H]3C=N4)cc(NC(=O)CNC(=O)CNC(=O)CNC(=O)[C@H]3CC[C@H](C(N)=O)CC3)c1)N=C[C@@H]1Cc3ccccc3N1C2=O. The normalized spacial score (nSPS) is 18.6. The third kappa shape index (κ3) is 10.6. The monoisotopic (exact) mass is 1030 g/mol. The predicted molar refractivity (Wildman–Crippen MR) is 281 cm³/mol. The lowest BCUT2D eigenvalue weighted by Crippen LogP contribution is -2.44. The number of para-hydroxylation sites is 2. The number of benzene rings is 5. The van der Waals surface area contributed by atoms with Crippen LogP contribution >= 0.6 is 0 Å². The maximum atomic E-state index is 14.1. The molecule has 20 heteroatoms. The largest absolute Gasteiger partial charge is 0.493 e. The molecule has 20 nitrogen and oxygen atoms in total. The van der Waals surface area contributed by atoms with Gasteiger partial charge in [0.25, 0.3) is 11.8 Å². The Kier molecular flexibility index (Phi) is 14.5. The van der Waals surface area contributed by atoms with E-state index < -0.39 is 30.8 Å². The number of carbonyl (C=O) groups is 7. The highest BCUT2D eigenvalue weighted by atomic mass is 16.5. The van der Waals surface area contributed by atoms with Crippen molar-refractivity contribution in [1.29, 1.82) is 0 Å². The van der Waals surface area contributed by atoms with Crippen molar-refractivity contribution in [1.82, 2.24) is 16.0 Å². The van der Waals surface area contributed by atoms with Gasteiger partial charge in [-0.25, -0.2) is 0 Å². The Morgan fingerprint density at radius 2 is 1.04 bits per heavy atom. The molecule has 0 bridgehead atoms. The van der Waals surface area contributed by atoms with Crippen molar-refractivity contribution in [3.8, 4) is 23.0 Å². The van der Waals surface area contributed by atoms with Crippen LogP contribution in [0, 0.1) is 11.8 Å². The highest BCUT2D eigenvalue weighted by molar-refractivity contribution is 6.16. The molecule has 390 valence electrons. The molecule has 5 aliphatic rings. The van der Waals surface area contributed by atoms with Crippen molar-refractivity contribution in [3.05, 3.63) is 124 Å². The summed E-state index contributed by atoms with van der Waals surface area (Å²) in [5.41, 5.74) is 12.2. The first-order valence-electron chi connectivity index (χ1n) is 25.0. The van der Waals surface area contributed by atoms with E-state index in [0.717, 1.165) is 22.5 Å². The fraction of sp³-hybridized carbons (Fsp3) is 0.304. The summed E-state index contributed by atoms with van der Waals surface area (Å²) in [6, 6.07) is 26.8. The fourth-order valence-corrected chi connectivity index (χ4v) is 10.3. The molecule has 0 aromatic heterocycles. The summed E-state index contributed by atoms with van der Waals surface area (Å²) in [5, 5.41) is 10.3. The van der Waals surface area contributed by atoms with Crippen LogP contribution in [-0.4, -0.2) is 99.7 Å². The molecule has 6 N–H and O–H groups in total. The standard InChI is InChI=1S/C56H55N9O11/c1-73-46-20-40-42(58-24-38-18-35-7-3-5-9-44(35)64(38)55(40)71)22-48(46)75-29-31-15-32(30-76-49-23-43-41(21-47(49)74-2)56(72)65-39(25-59-43)19-36-8-4-6-10-45(36)65)17-37(16-31)63-52(68)28-61-50(66)26-60-51(67)27-62-54(70)34-13-11-33(12-14-34)53(57)69/h3-10,15-17,20-25,33-34,38-39H,11-14,18-19,26-30H2,1-2H3,(H2,57,69)(H,60,67)(H,61,66)(H,62,70)(H,63,68)/t33-,34-,38-,39-/m0/s1. The molecule has 5 aromatic rings. The van der Waals surface area contributed by atoms with Gasteiger partial charge in [-0.15, -0.1) is 0 Å². The Hall–Kier alpha value is -9.07. The van der Waals surface area contributed by atoms with Crippen molar-refractivity contribution in [2.24, 2.45) is 27.6 Å². The van der Waals surface area contributed by atoms with E-state index in [4.69, 9.17) is 34.7 Å². The predicted octanol–water partition coefficient (Wildman–Crippen LogP) is 5.02. The van der Waals surface area contributed by atoms with Gasteiger partial charge >= 0.3 is 0 Å². The number of nitrogens with one attached hydrogen (secondary N) is 4. The number of aliphatic imine (C=N–C) groups is 2. The second-order valence-corrected chi connectivity index (χ2v) is 19.1. The Morgan fingerprint density at radius 3 is 1.53 bits per heavy atom. The Morgan fingerprint density at radius 1 is 0.579 bits per heavy atom. The number of rotatable bonds is 17. The molecule has 0 radical (unpaired) electrons. The second kappa shape index (κ2) is 21.8. The van der Waals surface area contributed by atoms with Gasteiger partial charge in [0.1, 0.15) is 13.2 Å². The van der Waals surface area contributed by atoms with Crippen LogP contribution in [0.1, 0.15) is 68.7 Å². The minimum absolute atomic E-state index is 0.0429. The molecule has 0 spiro atoms. The van der Waals surface area contributed by atoms with Crippen LogP contribution in [0.3, 0.4) is 0 Å². The van der Waals surface area contributed by atoms with Crippen LogP contribution in [0.15, 0.2) is 101 Å². The number of fused-ring (bicyclic) bond motifs is 8. The van der Waals surface area contributed by atoms with Gasteiger partial charge in [-0.2, -0.15) is 0 Å². The maximum Gasteiger partial charge on any atom is 0.261 e. The number of nitrogens with zero attached hydrogens (tertiary/aromatic N) is 4. The molecular weight excluding hydrogens is 975 g/mol. The summed E-state index contributed by atoms with van der Waals surface area (Å²) in [7, 11) is 2.96. The van der Waals surface area contributed by atoms with Crippen LogP contribution in [-0.2, 0) is 50.0 Å². The van der Waals surface area contributed by atoms with E-state index >= 15 is 0 Å². The van der Waals surface area contributed by atoms with E-state index in [1.54, 1.807) is 58.6 Å². The molecule has 10 rings (SSSR count). The molecule has 76 heavy (non-hydrogen) atoms. The average Bonchev–Trinajstić information content (AvgIpc) is 3.96. The number of ether oxygens (including phenoxy) is 4. The summed E-state index contributed by atoms with van der Waals surface area (Å²) in [4.78, 5) is 104. The van der Waals surface area contributed by atoms with Crippen molar-refractivity contribution in [3.63, 3.8) is 0 Å². The lowest BCUT2D eigenvalue weighted by Gasteiger charge is -2.25. The molecule has 4 heterocycles. The number of methoxy groups -OCH3 is 2. The van der Waals surface area contributed by atoms with Crippen molar-refractivity contribution in [2.75, 3.05) is 49.0 Å². The molecule has 7 amide bonds. The van der Waals surface area contributed by atoms with E-state index in [1.807, 2.05) is 54.6 Å². The van der Waals surface area contributed by atoms with E-state index in [2.05, 4.69) is 21.3 Å². The zero-order valence-corrected chi connectivity index (χ0v) is 41.8. The van der Waals surface area contributed by atoms with Gasteiger partial charge < -0.3 is 45.9 Å². The first-order valence-corrected chi connectivity index (χ1v) is 25.0. The molecule has 1 aliphatic carbocycles. The summed E-state index contributed by atoms with van der Waals surface area (Å²) in [5.74, 6) is -2.30. The first kappa shape index (κ1) is 50.5. The van der Waals surface area contributed by atoms with Crippen molar-refractivity contribution < 1.29 is 52.5 Å². The van der Waals surface area contributed by atoms with Crippen LogP contribution in [0.25, 0.3) is 0 Å². The van der Waals surface area contributed by atoms with Crippen LogP contribution in [0.2, 0.25) is 0 Å². The third-order valence-corrected chi connectivity index (χ3v) is 14.2. The number of primary amides is 1. The molecule has 1 fully saturated rings. The lowest BCUT2D eigenvalue weighted by atomic mass is 9.81. The topological polar surface area (TPSA) is 262 Å². The third-order valence-electron chi connectivity index (χ3n) is 14.2. The van der Waals surface area contributed by atoms with Gasteiger partial charge in [-0.3, -0.25) is 53.3 Å². The van der Waals surface area contributed by atoms with Gasteiger partial charge in [0.05, 0.1) is 68.4 Å². The second-order valence-electron chi connectivity index (χ2n) is 19.1.